The van der Waals surface area contributed by atoms with Crippen molar-refractivity contribution >= 4 is 21.6 Å². The molecule has 9 heteroatoms. The van der Waals surface area contributed by atoms with Gasteiger partial charge in [-0.1, -0.05) is 12.1 Å². The molecular formula is C22H22FN3O4S. The summed E-state index contributed by atoms with van der Waals surface area (Å²) >= 11 is 0. The molecule has 0 atom stereocenters. The molecule has 3 rings (SSSR count). The van der Waals surface area contributed by atoms with Crippen molar-refractivity contribution in [3.8, 4) is 5.88 Å². The summed E-state index contributed by atoms with van der Waals surface area (Å²) < 4.78 is 46.3. The van der Waals surface area contributed by atoms with E-state index in [-0.39, 0.29) is 22.7 Å². The van der Waals surface area contributed by atoms with Crippen molar-refractivity contribution in [3.05, 3.63) is 83.3 Å². The molecule has 0 bridgehead atoms. The lowest BCUT2D eigenvalue weighted by Crippen LogP contribution is -2.24. The summed E-state index contributed by atoms with van der Waals surface area (Å²) in [6, 6.07) is 12.8. The Hall–Kier alpha value is -3.46. The van der Waals surface area contributed by atoms with Crippen molar-refractivity contribution in [1.82, 2.24) is 10.3 Å². The molecule has 0 saturated carbocycles. The summed E-state index contributed by atoms with van der Waals surface area (Å²) in [6.45, 7) is 4.17. The van der Waals surface area contributed by atoms with Crippen molar-refractivity contribution in [2.75, 3.05) is 11.3 Å². The molecule has 0 aliphatic carbocycles. The van der Waals surface area contributed by atoms with Gasteiger partial charge >= 0.3 is 0 Å². The van der Waals surface area contributed by atoms with E-state index in [0.717, 1.165) is 12.1 Å². The van der Waals surface area contributed by atoms with Gasteiger partial charge in [-0.25, -0.2) is 17.8 Å². The van der Waals surface area contributed by atoms with Gasteiger partial charge in [0.15, 0.2) is 0 Å². The Labute approximate surface area is 180 Å². The normalized spacial score (nSPS) is 11.1. The van der Waals surface area contributed by atoms with E-state index in [4.69, 9.17) is 4.74 Å². The molecule has 1 heterocycles. The fraction of sp³-hybridized carbons (Fsp3) is 0.182. The highest BCUT2D eigenvalue weighted by atomic mass is 32.2. The van der Waals surface area contributed by atoms with E-state index in [1.807, 2.05) is 6.92 Å². The molecule has 3 aromatic rings. The number of carbonyl (C=O) groups is 1. The molecule has 0 spiro atoms. The number of amides is 1. The van der Waals surface area contributed by atoms with E-state index in [9.17, 15) is 17.6 Å². The zero-order valence-electron chi connectivity index (χ0n) is 17.1. The lowest BCUT2D eigenvalue weighted by atomic mass is 10.1. The smallest absolute Gasteiger partial charge is 0.261 e. The first-order valence-corrected chi connectivity index (χ1v) is 11.0. The highest BCUT2D eigenvalue weighted by Crippen LogP contribution is 2.20. The Morgan fingerprint density at radius 1 is 1.13 bits per heavy atom. The van der Waals surface area contributed by atoms with Gasteiger partial charge in [-0.15, -0.1) is 0 Å². The third kappa shape index (κ3) is 5.58. The third-order valence-corrected chi connectivity index (χ3v) is 5.81. The van der Waals surface area contributed by atoms with E-state index in [1.54, 1.807) is 31.3 Å². The van der Waals surface area contributed by atoms with Gasteiger partial charge < -0.3 is 10.1 Å². The van der Waals surface area contributed by atoms with E-state index < -0.39 is 21.7 Å². The molecule has 7 nitrogen and oxygen atoms in total. The van der Waals surface area contributed by atoms with Crippen LogP contribution in [0.5, 0.6) is 5.88 Å². The molecule has 162 valence electrons. The van der Waals surface area contributed by atoms with Gasteiger partial charge in [-0.2, -0.15) is 0 Å². The predicted molar refractivity (Wildman–Crippen MR) is 115 cm³/mol. The Morgan fingerprint density at radius 2 is 1.87 bits per heavy atom. The highest BCUT2D eigenvalue weighted by Gasteiger charge is 2.19. The number of ether oxygens (including phenoxy) is 1. The molecule has 31 heavy (non-hydrogen) atoms. The Morgan fingerprint density at radius 3 is 2.58 bits per heavy atom. The van der Waals surface area contributed by atoms with Crippen LogP contribution in [0.4, 0.5) is 10.1 Å². The van der Waals surface area contributed by atoms with Gasteiger partial charge in [-0.3, -0.25) is 9.52 Å². The molecule has 2 N–H and O–H groups in total. The first-order valence-electron chi connectivity index (χ1n) is 9.54. The Kier molecular flexibility index (Phi) is 6.86. The maximum atomic E-state index is 13.1. The Bertz CT molecular complexity index is 1180. The van der Waals surface area contributed by atoms with E-state index in [2.05, 4.69) is 15.0 Å². The lowest BCUT2D eigenvalue weighted by molar-refractivity contribution is 0.0949. The van der Waals surface area contributed by atoms with Crippen LogP contribution >= 0.6 is 0 Å². The van der Waals surface area contributed by atoms with Gasteiger partial charge in [-0.05, 0) is 61.9 Å². The third-order valence-electron chi connectivity index (χ3n) is 4.43. The summed E-state index contributed by atoms with van der Waals surface area (Å²) in [5, 5.41) is 2.77. The number of hydrogen-bond donors (Lipinski definition) is 2. The maximum absolute atomic E-state index is 13.1. The van der Waals surface area contributed by atoms with Gasteiger partial charge in [0, 0.05) is 29.6 Å². The van der Waals surface area contributed by atoms with Crippen molar-refractivity contribution in [2.24, 2.45) is 0 Å². The molecule has 1 aromatic heterocycles. The summed E-state index contributed by atoms with van der Waals surface area (Å²) in [5.41, 5.74) is 1.77. The number of anilines is 1. The fourth-order valence-electron chi connectivity index (χ4n) is 2.84. The van der Waals surface area contributed by atoms with Crippen LogP contribution in [0, 0.1) is 12.7 Å². The molecule has 0 saturated heterocycles. The molecule has 0 fully saturated rings. The SMILES string of the molecule is CCOc1ncccc1CNC(=O)c1cc(S(=O)(=O)Nc2ccc(F)cc2)ccc1C. The van der Waals surface area contributed by atoms with E-state index in [0.29, 0.717) is 23.6 Å². The summed E-state index contributed by atoms with van der Waals surface area (Å²) in [5.74, 6) is -0.470. The number of nitrogens with zero attached hydrogens (tertiary/aromatic N) is 1. The number of halogens is 1. The number of rotatable bonds is 8. The van der Waals surface area contributed by atoms with Crippen LogP contribution in [0.2, 0.25) is 0 Å². The molecule has 0 radical (unpaired) electrons. The number of nitrogens with one attached hydrogen (secondary N) is 2. The number of aromatic nitrogens is 1. The zero-order valence-corrected chi connectivity index (χ0v) is 17.9. The number of benzene rings is 2. The molecule has 0 aliphatic rings. The fourth-order valence-corrected chi connectivity index (χ4v) is 3.93. The van der Waals surface area contributed by atoms with Crippen LogP contribution in [0.15, 0.2) is 65.7 Å². The molecule has 0 aliphatic heterocycles. The van der Waals surface area contributed by atoms with Gasteiger partial charge in [0.1, 0.15) is 5.82 Å². The molecule has 1 amide bonds. The second-order valence-corrected chi connectivity index (χ2v) is 8.35. The highest BCUT2D eigenvalue weighted by molar-refractivity contribution is 7.92. The second kappa shape index (κ2) is 9.57. The van der Waals surface area contributed by atoms with Crippen molar-refractivity contribution in [1.29, 1.82) is 0 Å². The quantitative estimate of drug-likeness (QED) is 0.554. The molecule has 0 unspecified atom stereocenters. The second-order valence-electron chi connectivity index (χ2n) is 6.67. The number of pyridine rings is 1. The monoisotopic (exact) mass is 443 g/mol. The van der Waals surface area contributed by atoms with Gasteiger partial charge in [0.2, 0.25) is 5.88 Å². The van der Waals surface area contributed by atoms with Crippen LogP contribution in [-0.4, -0.2) is 25.9 Å². The summed E-state index contributed by atoms with van der Waals surface area (Å²) in [7, 11) is -3.96. The van der Waals surface area contributed by atoms with Crippen LogP contribution in [-0.2, 0) is 16.6 Å². The van der Waals surface area contributed by atoms with Crippen molar-refractivity contribution < 1.29 is 22.3 Å². The minimum absolute atomic E-state index is 0.0797. The standard InChI is InChI=1S/C22H22FN3O4S/c1-3-30-22-16(5-4-12-24-22)14-25-21(27)20-13-19(11-6-15(20)2)31(28,29)26-18-9-7-17(23)8-10-18/h4-13,26H,3,14H2,1-2H3,(H,25,27). The Balaban J connectivity index is 1.78. The minimum Gasteiger partial charge on any atom is -0.478 e. The first kappa shape index (κ1) is 22.2. The first-order chi connectivity index (χ1) is 14.8. The van der Waals surface area contributed by atoms with E-state index in [1.165, 1.54) is 24.3 Å². The minimum atomic E-state index is -3.96. The number of carbonyl (C=O) groups excluding carboxylic acids is 1. The lowest BCUT2D eigenvalue weighted by Gasteiger charge is -2.13. The van der Waals surface area contributed by atoms with Gasteiger partial charge in [0.25, 0.3) is 15.9 Å². The van der Waals surface area contributed by atoms with Crippen LogP contribution in [0.25, 0.3) is 0 Å². The average molecular weight is 444 g/mol. The zero-order chi connectivity index (χ0) is 22.4. The summed E-state index contributed by atoms with van der Waals surface area (Å²) in [6.07, 6.45) is 1.60. The molecule has 2 aromatic carbocycles. The molecular weight excluding hydrogens is 421 g/mol. The number of sulfonamides is 1. The number of hydrogen-bond acceptors (Lipinski definition) is 5. The average Bonchev–Trinajstić information content (AvgIpc) is 2.75. The number of aryl methyl sites for hydroxylation is 1. The van der Waals surface area contributed by atoms with E-state index >= 15 is 0 Å². The predicted octanol–water partition coefficient (Wildman–Crippen LogP) is 3.66. The largest absolute Gasteiger partial charge is 0.478 e. The van der Waals surface area contributed by atoms with Gasteiger partial charge in [0.05, 0.1) is 11.5 Å². The maximum Gasteiger partial charge on any atom is 0.261 e. The van der Waals surface area contributed by atoms with Crippen LogP contribution in [0.3, 0.4) is 0 Å². The topological polar surface area (TPSA) is 97.4 Å². The van der Waals surface area contributed by atoms with Crippen LogP contribution in [0.1, 0.15) is 28.4 Å². The van der Waals surface area contributed by atoms with Crippen molar-refractivity contribution in [2.45, 2.75) is 25.3 Å². The van der Waals surface area contributed by atoms with Crippen molar-refractivity contribution in [3.63, 3.8) is 0 Å². The van der Waals surface area contributed by atoms with Crippen LogP contribution < -0.4 is 14.8 Å². The summed E-state index contributed by atoms with van der Waals surface area (Å²) in [4.78, 5) is 16.8.